The maximum absolute atomic E-state index is 9.00. The largest absolute Gasteiger partial charge is 0.481 e. The lowest BCUT2D eigenvalue weighted by atomic mass is 10.4. The Balaban J connectivity index is 0.000000218. The van der Waals surface area contributed by atoms with Crippen LogP contribution in [0.5, 0.6) is 0 Å². The van der Waals surface area contributed by atoms with Gasteiger partial charge in [0.05, 0.1) is 0 Å². The molecule has 0 saturated heterocycles. The molecule has 2 unspecified atom stereocenters. The summed E-state index contributed by atoms with van der Waals surface area (Å²) < 4.78 is 0.584. The summed E-state index contributed by atoms with van der Waals surface area (Å²) in [7, 11) is 0. The number of halogens is 1. The molecular formula is C7H13IO2S. The van der Waals surface area contributed by atoms with Crippen molar-refractivity contribution in [2.24, 2.45) is 5.92 Å². The van der Waals surface area contributed by atoms with Crippen molar-refractivity contribution >= 4 is 41.2 Å². The molecule has 0 aliphatic heterocycles. The van der Waals surface area contributed by atoms with Crippen molar-refractivity contribution in [3.05, 3.63) is 0 Å². The fraction of sp³-hybridized carbons (Fsp3) is 0.857. The van der Waals surface area contributed by atoms with E-state index in [1.165, 1.54) is 6.42 Å². The number of hydrogen-bond acceptors (Lipinski definition) is 2. The van der Waals surface area contributed by atoms with Gasteiger partial charge in [-0.05, 0) is 12.3 Å². The van der Waals surface area contributed by atoms with Crippen LogP contribution in [0.3, 0.4) is 0 Å². The van der Waals surface area contributed by atoms with Gasteiger partial charge in [0.25, 0.3) is 5.97 Å². The summed E-state index contributed by atoms with van der Waals surface area (Å²) in [6, 6.07) is 0. The minimum atomic E-state index is -0.833. The average molecular weight is 288 g/mol. The molecule has 1 N–H and O–H groups in total. The molecule has 2 atom stereocenters. The van der Waals surface area contributed by atoms with Gasteiger partial charge in [0, 0.05) is 16.1 Å². The Morgan fingerprint density at radius 2 is 2.18 bits per heavy atom. The van der Waals surface area contributed by atoms with E-state index >= 15 is 0 Å². The molecule has 0 aromatic rings. The number of hydrogen-bond donors (Lipinski definition) is 2. The Morgan fingerprint density at radius 1 is 1.91 bits per heavy atom. The van der Waals surface area contributed by atoms with E-state index in [9.17, 15) is 0 Å². The Morgan fingerprint density at radius 3 is 2.18 bits per heavy atom. The van der Waals surface area contributed by atoms with Crippen molar-refractivity contribution in [3.63, 3.8) is 0 Å². The van der Waals surface area contributed by atoms with E-state index < -0.39 is 5.97 Å². The number of thiol groups is 1. The predicted molar refractivity (Wildman–Crippen MR) is 57.7 cm³/mol. The molecule has 0 heterocycles. The van der Waals surface area contributed by atoms with Crippen LogP contribution >= 0.6 is 35.2 Å². The second-order valence-electron chi connectivity index (χ2n) is 2.82. The lowest BCUT2D eigenvalue weighted by Gasteiger charge is -1.97. The molecule has 11 heavy (non-hydrogen) atoms. The van der Waals surface area contributed by atoms with E-state index in [4.69, 9.17) is 9.90 Å². The summed E-state index contributed by atoms with van der Waals surface area (Å²) in [5.74, 6) is 1.14. The molecule has 0 bridgehead atoms. The van der Waals surface area contributed by atoms with Crippen molar-refractivity contribution < 1.29 is 9.90 Å². The van der Waals surface area contributed by atoms with Crippen LogP contribution in [0.2, 0.25) is 0 Å². The molecule has 0 aromatic carbocycles. The molecule has 0 spiro atoms. The van der Waals surface area contributed by atoms with E-state index in [-0.39, 0.29) is 0 Å². The number of carboxylic acid groups (broad SMARTS) is 1. The van der Waals surface area contributed by atoms with Crippen LogP contribution in [0.1, 0.15) is 20.3 Å². The summed E-state index contributed by atoms with van der Waals surface area (Å²) in [6.45, 7) is 3.36. The second-order valence-corrected chi connectivity index (χ2v) is 5.28. The number of carbonyl (C=O) groups is 1. The first-order valence-electron chi connectivity index (χ1n) is 3.41. The average Bonchev–Trinajstić information content (AvgIpc) is 2.41. The van der Waals surface area contributed by atoms with Gasteiger partial charge in [0.1, 0.15) is 0 Å². The van der Waals surface area contributed by atoms with E-state index in [1.54, 1.807) is 0 Å². The van der Waals surface area contributed by atoms with Gasteiger partial charge in [-0.1, -0.05) is 29.5 Å². The molecule has 4 heteroatoms. The maximum atomic E-state index is 9.00. The van der Waals surface area contributed by atoms with Gasteiger partial charge in [-0.2, -0.15) is 12.6 Å². The molecular weight excluding hydrogens is 275 g/mol. The summed E-state index contributed by atoms with van der Waals surface area (Å²) in [4.78, 5) is 9.00. The van der Waals surface area contributed by atoms with Crippen LogP contribution in [0.15, 0.2) is 0 Å². The summed E-state index contributed by atoms with van der Waals surface area (Å²) >= 11 is 6.72. The first kappa shape index (κ1) is 11.6. The lowest BCUT2D eigenvalue weighted by molar-refractivity contribution is -0.134. The molecule has 1 aliphatic carbocycles. The Hall–Kier alpha value is 0.550. The van der Waals surface area contributed by atoms with E-state index in [2.05, 4.69) is 42.1 Å². The third kappa shape index (κ3) is 4.90. The highest BCUT2D eigenvalue weighted by Gasteiger charge is 2.47. The molecule has 1 rings (SSSR count). The molecule has 0 aromatic heterocycles. The Labute approximate surface area is 86.3 Å². The maximum Gasteiger partial charge on any atom is 0.300 e. The highest BCUT2D eigenvalue weighted by atomic mass is 127. The molecule has 1 aliphatic rings. The summed E-state index contributed by atoms with van der Waals surface area (Å²) in [5.41, 5.74) is 0. The van der Waals surface area contributed by atoms with Crippen molar-refractivity contribution in [1.29, 1.82) is 0 Å². The first-order valence-corrected chi connectivity index (χ1v) is 5.13. The van der Waals surface area contributed by atoms with Crippen LogP contribution in [0.4, 0.5) is 0 Å². The SMILES string of the molecule is CC(=O)O.CC1CC1(I)CS. The monoisotopic (exact) mass is 288 g/mol. The van der Waals surface area contributed by atoms with Crippen LogP contribution in [0, 0.1) is 5.92 Å². The fourth-order valence-electron chi connectivity index (χ4n) is 0.670. The zero-order valence-corrected chi connectivity index (χ0v) is 9.72. The van der Waals surface area contributed by atoms with Gasteiger partial charge in [-0.15, -0.1) is 0 Å². The number of rotatable bonds is 1. The molecule has 66 valence electrons. The molecule has 2 nitrogen and oxygen atoms in total. The summed E-state index contributed by atoms with van der Waals surface area (Å²) in [5, 5.41) is 7.42. The van der Waals surface area contributed by atoms with E-state index in [0.29, 0.717) is 3.42 Å². The normalized spacial score (nSPS) is 33.6. The number of alkyl halides is 1. The lowest BCUT2D eigenvalue weighted by Crippen LogP contribution is -1.99. The van der Waals surface area contributed by atoms with Gasteiger partial charge in [-0.25, -0.2) is 0 Å². The standard InChI is InChI=1S/C5H9IS.C2H4O2/c1-4-2-5(4,6)3-7;1-2(3)4/h4,7H,2-3H2,1H3;1H3,(H,3,4). The van der Waals surface area contributed by atoms with Crippen LogP contribution in [-0.2, 0) is 4.79 Å². The fourth-order valence-corrected chi connectivity index (χ4v) is 1.77. The van der Waals surface area contributed by atoms with Crippen LogP contribution < -0.4 is 0 Å². The van der Waals surface area contributed by atoms with Crippen molar-refractivity contribution in [2.75, 3.05) is 5.75 Å². The topological polar surface area (TPSA) is 37.3 Å². The van der Waals surface area contributed by atoms with Gasteiger partial charge in [0.15, 0.2) is 0 Å². The highest BCUT2D eigenvalue weighted by molar-refractivity contribution is 14.1. The molecule has 1 saturated carbocycles. The Kier molecular flexibility index (Phi) is 4.77. The first-order chi connectivity index (χ1) is 4.92. The zero-order valence-electron chi connectivity index (χ0n) is 6.67. The highest BCUT2D eigenvalue weighted by Crippen LogP contribution is 2.51. The summed E-state index contributed by atoms with van der Waals surface area (Å²) in [6.07, 6.45) is 1.37. The third-order valence-electron chi connectivity index (χ3n) is 1.63. The van der Waals surface area contributed by atoms with Crippen molar-refractivity contribution in [2.45, 2.75) is 23.7 Å². The van der Waals surface area contributed by atoms with E-state index in [0.717, 1.165) is 18.6 Å². The minimum absolute atomic E-state index is 0.584. The zero-order chi connectivity index (χ0) is 9.07. The van der Waals surface area contributed by atoms with Crippen LogP contribution in [0.25, 0.3) is 0 Å². The van der Waals surface area contributed by atoms with Gasteiger partial charge < -0.3 is 5.11 Å². The second kappa shape index (κ2) is 4.54. The molecule has 0 amide bonds. The number of aliphatic carboxylic acids is 1. The molecule has 1 fully saturated rings. The minimum Gasteiger partial charge on any atom is -0.481 e. The number of carboxylic acids is 1. The van der Waals surface area contributed by atoms with Gasteiger partial charge in [-0.3, -0.25) is 4.79 Å². The molecule has 0 radical (unpaired) electrons. The van der Waals surface area contributed by atoms with E-state index in [1.807, 2.05) is 0 Å². The van der Waals surface area contributed by atoms with Crippen LogP contribution in [-0.4, -0.2) is 20.3 Å². The third-order valence-corrected chi connectivity index (χ3v) is 4.68. The quantitative estimate of drug-likeness (QED) is 0.441. The van der Waals surface area contributed by atoms with Gasteiger partial charge >= 0.3 is 0 Å². The van der Waals surface area contributed by atoms with Crippen molar-refractivity contribution in [1.82, 2.24) is 0 Å². The Bertz CT molecular complexity index is 143. The van der Waals surface area contributed by atoms with Gasteiger partial charge in [0.2, 0.25) is 0 Å². The predicted octanol–water partition coefficient (Wildman–Crippen LogP) is 2.22. The smallest absolute Gasteiger partial charge is 0.300 e. The van der Waals surface area contributed by atoms with Crippen molar-refractivity contribution in [3.8, 4) is 0 Å².